The Bertz CT molecular complexity index is 1100. The minimum absolute atomic E-state index is 0.0279. The number of carbonyl (C=O) groups is 1. The smallest absolute Gasteiger partial charge is 0.315 e. The van der Waals surface area contributed by atoms with Gasteiger partial charge in [0.25, 0.3) is 5.91 Å². The maximum absolute atomic E-state index is 12.0. The van der Waals surface area contributed by atoms with Gasteiger partial charge in [-0.2, -0.15) is 5.10 Å². The fourth-order valence-corrected chi connectivity index (χ4v) is 2.66. The number of hydrogen-bond acceptors (Lipinski definition) is 7. The molecule has 0 aliphatic rings. The second-order valence-corrected chi connectivity index (χ2v) is 6.05. The second-order valence-electron chi connectivity index (χ2n) is 6.05. The highest BCUT2D eigenvalue weighted by molar-refractivity contribution is 5.89. The van der Waals surface area contributed by atoms with Gasteiger partial charge in [-0.3, -0.25) is 14.9 Å². The Morgan fingerprint density at radius 3 is 2.69 bits per heavy atom. The summed E-state index contributed by atoms with van der Waals surface area (Å²) in [6.45, 7) is -0.0279. The molecule has 9 heteroatoms. The Balaban J connectivity index is 1.62. The van der Waals surface area contributed by atoms with E-state index in [2.05, 4.69) is 15.8 Å². The summed E-state index contributed by atoms with van der Waals surface area (Å²) < 4.78 is 4.97. The first kappa shape index (κ1) is 19.6. The minimum Gasteiger partial charge on any atom is -0.502 e. The van der Waals surface area contributed by atoms with Crippen molar-refractivity contribution in [3.8, 4) is 11.5 Å². The van der Waals surface area contributed by atoms with Crippen molar-refractivity contribution >= 4 is 34.3 Å². The van der Waals surface area contributed by atoms with Crippen molar-refractivity contribution in [1.82, 2.24) is 5.43 Å². The predicted molar refractivity (Wildman–Crippen MR) is 109 cm³/mol. The summed E-state index contributed by atoms with van der Waals surface area (Å²) in [5.74, 6) is -0.811. The molecule has 3 rings (SSSR count). The summed E-state index contributed by atoms with van der Waals surface area (Å²) in [4.78, 5) is 22.2. The number of aromatic hydroxyl groups is 1. The molecule has 0 aliphatic carbocycles. The molecule has 9 nitrogen and oxygen atoms in total. The number of nitro groups is 1. The van der Waals surface area contributed by atoms with Gasteiger partial charge in [-0.25, -0.2) is 5.43 Å². The van der Waals surface area contributed by atoms with E-state index >= 15 is 0 Å². The Labute approximate surface area is 165 Å². The largest absolute Gasteiger partial charge is 0.502 e. The van der Waals surface area contributed by atoms with Crippen LogP contribution in [0.2, 0.25) is 0 Å². The van der Waals surface area contributed by atoms with E-state index in [1.807, 2.05) is 42.5 Å². The number of fused-ring (bicyclic) bond motifs is 1. The van der Waals surface area contributed by atoms with Crippen LogP contribution >= 0.6 is 0 Å². The molecular weight excluding hydrogens is 376 g/mol. The Hall–Kier alpha value is -4.14. The third kappa shape index (κ3) is 4.78. The lowest BCUT2D eigenvalue weighted by molar-refractivity contribution is -0.385. The highest BCUT2D eigenvalue weighted by Crippen LogP contribution is 2.33. The van der Waals surface area contributed by atoms with Gasteiger partial charge < -0.3 is 15.2 Å². The Morgan fingerprint density at radius 1 is 1.21 bits per heavy atom. The average molecular weight is 394 g/mol. The summed E-state index contributed by atoms with van der Waals surface area (Å²) >= 11 is 0. The molecule has 0 radical (unpaired) electrons. The number of anilines is 1. The molecule has 3 N–H and O–H groups in total. The maximum Gasteiger partial charge on any atom is 0.315 e. The molecular formula is C20H18N4O5. The lowest BCUT2D eigenvalue weighted by atomic mass is 10.1. The number of ether oxygens (including phenoxy) is 1. The Morgan fingerprint density at radius 2 is 1.97 bits per heavy atom. The topological polar surface area (TPSA) is 126 Å². The number of hydrogen-bond donors (Lipinski definition) is 3. The van der Waals surface area contributed by atoms with Crippen molar-refractivity contribution in [1.29, 1.82) is 0 Å². The number of nitrogens with zero attached hydrogens (tertiary/aromatic N) is 2. The number of carbonyl (C=O) groups excluding carboxylic acids is 1. The number of nitrogens with one attached hydrogen (secondary N) is 2. The van der Waals surface area contributed by atoms with Crippen LogP contribution in [0.25, 0.3) is 10.8 Å². The van der Waals surface area contributed by atoms with Gasteiger partial charge in [0, 0.05) is 11.3 Å². The SMILES string of the molecule is COc1cc(/C=N/NC(=O)CNc2ccc3ccccc3c2)c(O)c([N+](=O)[O-])c1. The molecule has 0 aliphatic heterocycles. The summed E-state index contributed by atoms with van der Waals surface area (Å²) in [6.07, 6.45) is 1.11. The van der Waals surface area contributed by atoms with E-state index in [-0.39, 0.29) is 17.9 Å². The Kier molecular flexibility index (Phi) is 5.88. The van der Waals surface area contributed by atoms with Gasteiger partial charge in [-0.15, -0.1) is 0 Å². The third-order valence-corrected chi connectivity index (χ3v) is 4.12. The number of phenolic OH excluding ortho intramolecular Hbond substituents is 1. The number of methoxy groups -OCH3 is 1. The lowest BCUT2D eigenvalue weighted by Gasteiger charge is -2.07. The monoisotopic (exact) mass is 394 g/mol. The van der Waals surface area contributed by atoms with E-state index < -0.39 is 22.3 Å². The molecule has 0 unspecified atom stereocenters. The fourth-order valence-electron chi connectivity index (χ4n) is 2.66. The van der Waals surface area contributed by atoms with Gasteiger partial charge in [-0.05, 0) is 29.0 Å². The average Bonchev–Trinajstić information content (AvgIpc) is 2.73. The van der Waals surface area contributed by atoms with Crippen molar-refractivity contribution in [3.05, 3.63) is 70.3 Å². The molecule has 0 atom stereocenters. The number of nitro benzene ring substituents is 1. The normalized spacial score (nSPS) is 10.8. The van der Waals surface area contributed by atoms with Crippen molar-refractivity contribution in [2.24, 2.45) is 5.10 Å². The van der Waals surface area contributed by atoms with Crippen LogP contribution in [-0.4, -0.2) is 35.8 Å². The van der Waals surface area contributed by atoms with Gasteiger partial charge in [0.1, 0.15) is 5.75 Å². The standard InChI is InChI=1S/C20H18N4O5/c1-29-17-9-15(20(26)18(10-17)24(27)28)11-22-23-19(25)12-21-16-7-6-13-4-2-3-5-14(13)8-16/h2-11,21,26H,12H2,1H3,(H,23,25)/b22-11+. The van der Waals surface area contributed by atoms with E-state index in [4.69, 9.17) is 4.74 Å². The summed E-state index contributed by atoms with van der Waals surface area (Å²) in [5, 5.41) is 29.8. The van der Waals surface area contributed by atoms with E-state index in [1.165, 1.54) is 13.2 Å². The molecule has 3 aromatic carbocycles. The quantitative estimate of drug-likeness (QED) is 0.321. The first-order valence-corrected chi connectivity index (χ1v) is 8.58. The molecule has 0 aromatic heterocycles. The molecule has 0 heterocycles. The van der Waals surface area contributed by atoms with Crippen LogP contribution in [0.15, 0.2) is 59.7 Å². The van der Waals surface area contributed by atoms with E-state index in [0.717, 1.165) is 28.7 Å². The van der Waals surface area contributed by atoms with Crippen LogP contribution in [0.1, 0.15) is 5.56 Å². The lowest BCUT2D eigenvalue weighted by Crippen LogP contribution is -2.25. The van der Waals surface area contributed by atoms with Gasteiger partial charge in [0.15, 0.2) is 0 Å². The van der Waals surface area contributed by atoms with Crippen molar-refractivity contribution in [2.75, 3.05) is 19.0 Å². The number of phenols is 1. The van der Waals surface area contributed by atoms with Crippen LogP contribution in [0.3, 0.4) is 0 Å². The number of rotatable bonds is 7. The molecule has 3 aromatic rings. The third-order valence-electron chi connectivity index (χ3n) is 4.12. The number of benzene rings is 3. The zero-order chi connectivity index (χ0) is 20.8. The van der Waals surface area contributed by atoms with Crippen LogP contribution in [-0.2, 0) is 4.79 Å². The summed E-state index contributed by atoms with van der Waals surface area (Å²) in [6, 6.07) is 16.1. The van der Waals surface area contributed by atoms with Gasteiger partial charge in [-0.1, -0.05) is 30.3 Å². The molecule has 0 fully saturated rings. The molecule has 148 valence electrons. The zero-order valence-corrected chi connectivity index (χ0v) is 15.5. The summed E-state index contributed by atoms with van der Waals surface area (Å²) in [7, 11) is 1.34. The van der Waals surface area contributed by atoms with Gasteiger partial charge in [0.05, 0.1) is 30.9 Å². The molecule has 0 bridgehead atoms. The van der Waals surface area contributed by atoms with Crippen LogP contribution in [0, 0.1) is 10.1 Å². The molecule has 29 heavy (non-hydrogen) atoms. The van der Waals surface area contributed by atoms with Crippen molar-refractivity contribution in [2.45, 2.75) is 0 Å². The van der Waals surface area contributed by atoms with Gasteiger partial charge >= 0.3 is 5.69 Å². The first-order chi connectivity index (χ1) is 14.0. The highest BCUT2D eigenvalue weighted by Gasteiger charge is 2.18. The van der Waals surface area contributed by atoms with Crippen molar-refractivity contribution < 1.29 is 19.6 Å². The molecule has 0 saturated heterocycles. The zero-order valence-electron chi connectivity index (χ0n) is 15.5. The molecule has 1 amide bonds. The molecule has 0 spiro atoms. The number of amides is 1. The van der Waals surface area contributed by atoms with Crippen LogP contribution in [0.4, 0.5) is 11.4 Å². The van der Waals surface area contributed by atoms with E-state index in [1.54, 1.807) is 0 Å². The summed E-state index contributed by atoms with van der Waals surface area (Å²) in [5.41, 5.74) is 2.60. The fraction of sp³-hybridized carbons (Fsp3) is 0.100. The minimum atomic E-state index is -0.735. The van der Waals surface area contributed by atoms with E-state index in [9.17, 15) is 20.0 Å². The van der Waals surface area contributed by atoms with Crippen molar-refractivity contribution in [3.63, 3.8) is 0 Å². The van der Waals surface area contributed by atoms with E-state index in [0.29, 0.717) is 0 Å². The second kappa shape index (κ2) is 8.70. The van der Waals surface area contributed by atoms with Gasteiger partial charge in [0.2, 0.25) is 5.75 Å². The molecule has 0 saturated carbocycles. The first-order valence-electron chi connectivity index (χ1n) is 8.58. The van der Waals surface area contributed by atoms with Crippen LogP contribution in [0.5, 0.6) is 11.5 Å². The number of hydrazone groups is 1. The predicted octanol–water partition coefficient (Wildman–Crippen LogP) is 3.02. The van der Waals surface area contributed by atoms with Crippen LogP contribution < -0.4 is 15.5 Å². The maximum atomic E-state index is 12.0. The highest BCUT2D eigenvalue weighted by atomic mass is 16.6.